The average molecular weight is 693 g/mol. The Morgan fingerprint density at radius 2 is 0.960 bits per heavy atom. The minimum absolute atomic E-state index is 0.210. The van der Waals surface area contributed by atoms with Gasteiger partial charge in [0.1, 0.15) is 24.2 Å². The fourth-order valence-corrected chi connectivity index (χ4v) is 5.97. The molecular formula is C36H44N4O10. The number of carbonyl (C=O) groups is 8. The van der Waals surface area contributed by atoms with Crippen molar-refractivity contribution in [2.45, 2.75) is 76.5 Å². The second kappa shape index (κ2) is 19.0. The largest absolute Gasteiger partial charge is 0.467 e. The molecule has 2 saturated heterocycles. The fourth-order valence-electron chi connectivity index (χ4n) is 5.97. The zero-order valence-corrected chi connectivity index (χ0v) is 28.7. The van der Waals surface area contributed by atoms with Crippen LogP contribution in [0.1, 0.15) is 50.7 Å². The highest BCUT2D eigenvalue weighted by Crippen LogP contribution is 2.21. The van der Waals surface area contributed by atoms with Gasteiger partial charge < -0.3 is 29.9 Å². The van der Waals surface area contributed by atoms with Crippen molar-refractivity contribution in [1.29, 1.82) is 0 Å². The molecular weight excluding hydrogens is 648 g/mol. The number of likely N-dealkylation sites (tertiary alicyclic amines) is 2. The minimum atomic E-state index is -0.966. The van der Waals surface area contributed by atoms with E-state index in [4.69, 9.17) is 9.47 Å². The number of amides is 4. The van der Waals surface area contributed by atoms with E-state index in [0.717, 1.165) is 11.1 Å². The molecule has 2 fully saturated rings. The second-order valence-electron chi connectivity index (χ2n) is 12.0. The Labute approximate surface area is 290 Å². The summed E-state index contributed by atoms with van der Waals surface area (Å²) in [6.45, 7) is 3.23. The number of carbonyl (C=O) groups excluding carboxylic acids is 8. The lowest BCUT2D eigenvalue weighted by atomic mass is 10.0. The van der Waals surface area contributed by atoms with Crippen molar-refractivity contribution >= 4 is 47.1 Å². The van der Waals surface area contributed by atoms with Crippen LogP contribution in [0.15, 0.2) is 60.7 Å². The van der Waals surface area contributed by atoms with Crippen LogP contribution in [0.4, 0.5) is 0 Å². The van der Waals surface area contributed by atoms with E-state index >= 15 is 0 Å². The van der Waals surface area contributed by atoms with Crippen molar-refractivity contribution in [3.8, 4) is 0 Å². The molecule has 2 N–H and O–H groups in total. The van der Waals surface area contributed by atoms with E-state index < -0.39 is 71.3 Å². The Morgan fingerprint density at radius 1 is 0.620 bits per heavy atom. The molecule has 2 aromatic carbocycles. The predicted octanol–water partition coefficient (Wildman–Crippen LogP) is 0.934. The number of Topliss-reactive ketones (excluding diaryl/α,β-unsaturated/α-hetero) is 2. The van der Waals surface area contributed by atoms with E-state index in [1.165, 1.54) is 37.9 Å². The molecule has 50 heavy (non-hydrogen) atoms. The third-order valence-corrected chi connectivity index (χ3v) is 8.35. The van der Waals surface area contributed by atoms with Gasteiger partial charge in [-0.2, -0.15) is 0 Å². The first-order chi connectivity index (χ1) is 23.9. The van der Waals surface area contributed by atoms with E-state index in [9.17, 15) is 38.4 Å². The Morgan fingerprint density at radius 3 is 1.26 bits per heavy atom. The van der Waals surface area contributed by atoms with Crippen molar-refractivity contribution in [3.05, 3.63) is 71.8 Å². The molecule has 0 bridgehead atoms. The molecule has 0 aliphatic carbocycles. The lowest BCUT2D eigenvalue weighted by Gasteiger charge is -2.24. The fraction of sp³-hybridized carbons (Fsp3) is 0.444. The van der Waals surface area contributed by atoms with Gasteiger partial charge in [-0.15, -0.1) is 0 Å². The Balaban J connectivity index is 0.000000270. The van der Waals surface area contributed by atoms with Gasteiger partial charge in [0, 0.05) is 39.8 Å². The van der Waals surface area contributed by atoms with Crippen LogP contribution in [0.3, 0.4) is 0 Å². The second-order valence-corrected chi connectivity index (χ2v) is 12.0. The number of nitrogens with zero attached hydrogens (tertiary/aromatic N) is 2. The maximum atomic E-state index is 12.7. The van der Waals surface area contributed by atoms with E-state index in [-0.39, 0.29) is 12.8 Å². The van der Waals surface area contributed by atoms with E-state index in [2.05, 4.69) is 10.6 Å². The Bertz CT molecular complexity index is 1430. The number of ketones is 2. The van der Waals surface area contributed by atoms with E-state index in [1.54, 1.807) is 0 Å². The van der Waals surface area contributed by atoms with Gasteiger partial charge in [0.15, 0.2) is 0 Å². The molecule has 2 aliphatic rings. The molecule has 2 unspecified atom stereocenters. The van der Waals surface area contributed by atoms with Crippen molar-refractivity contribution < 1.29 is 47.8 Å². The summed E-state index contributed by atoms with van der Waals surface area (Å²) in [4.78, 5) is 99.5. The maximum Gasteiger partial charge on any atom is 0.328 e. The van der Waals surface area contributed by atoms with Crippen molar-refractivity contribution in [3.63, 3.8) is 0 Å². The first kappa shape index (κ1) is 39.0. The van der Waals surface area contributed by atoms with Crippen LogP contribution < -0.4 is 10.6 Å². The molecule has 0 saturated carbocycles. The summed E-state index contributed by atoms with van der Waals surface area (Å²) in [5.74, 6) is -4.83. The highest BCUT2D eigenvalue weighted by atomic mass is 16.5. The molecule has 0 radical (unpaired) electrons. The summed E-state index contributed by atoms with van der Waals surface area (Å²) in [7, 11) is 2.50. The Kier molecular flexibility index (Phi) is 14.8. The number of hydrogen-bond donors (Lipinski definition) is 2. The monoisotopic (exact) mass is 692 g/mol. The van der Waals surface area contributed by atoms with Gasteiger partial charge in [0.05, 0.1) is 14.2 Å². The smallest absolute Gasteiger partial charge is 0.328 e. The molecule has 2 heterocycles. The number of rotatable bonds is 12. The number of ether oxygens (including phenoxy) is 2. The standard InChI is InChI=1S/2C18H22N2O5/c2*1-12(21)19-14(11-13-7-4-3-5-8-13)16(22)17(23)20-10-6-9-15(20)18(24)25-2/h2*3-5,7-8,14-15H,6,9-11H2,1-2H3,(H,19,21)/t2*14?,15-/m11/s1. The van der Waals surface area contributed by atoms with E-state index in [0.29, 0.717) is 38.8 Å². The van der Waals surface area contributed by atoms with Crippen LogP contribution in [0.25, 0.3) is 0 Å². The number of hydrogen-bond acceptors (Lipinski definition) is 10. The first-order valence-corrected chi connectivity index (χ1v) is 16.3. The zero-order chi connectivity index (χ0) is 36.8. The van der Waals surface area contributed by atoms with Gasteiger partial charge in [-0.1, -0.05) is 60.7 Å². The molecule has 0 aromatic heterocycles. The SMILES string of the molecule is COC(=O)[C@H]1CCCN1C(=O)C(=O)C(Cc1ccccc1)NC(C)=O.COC(=O)[C@H]1CCCN1C(=O)C(=O)C(Cc1ccccc1)NC(C)=O. The minimum Gasteiger partial charge on any atom is -0.467 e. The van der Waals surface area contributed by atoms with Gasteiger partial charge in [0.2, 0.25) is 23.4 Å². The van der Waals surface area contributed by atoms with Crippen LogP contribution in [-0.2, 0) is 60.7 Å². The van der Waals surface area contributed by atoms with Crippen LogP contribution in [0, 0.1) is 0 Å². The topological polar surface area (TPSA) is 186 Å². The third-order valence-electron chi connectivity index (χ3n) is 8.35. The number of benzene rings is 2. The molecule has 2 aromatic rings. The molecule has 4 amide bonds. The highest BCUT2D eigenvalue weighted by Gasteiger charge is 2.41. The van der Waals surface area contributed by atoms with E-state index in [1.807, 2.05) is 60.7 Å². The first-order valence-electron chi connectivity index (χ1n) is 16.3. The summed E-state index contributed by atoms with van der Waals surface area (Å²) >= 11 is 0. The number of methoxy groups -OCH3 is 2. The summed E-state index contributed by atoms with van der Waals surface area (Å²) < 4.78 is 9.40. The molecule has 14 nitrogen and oxygen atoms in total. The molecule has 268 valence electrons. The Hall–Kier alpha value is -5.40. The normalized spacial score (nSPS) is 17.7. The van der Waals surface area contributed by atoms with Crippen LogP contribution in [-0.4, -0.2) is 108 Å². The third kappa shape index (κ3) is 10.8. The quantitative estimate of drug-likeness (QED) is 0.240. The zero-order valence-electron chi connectivity index (χ0n) is 28.7. The molecule has 14 heteroatoms. The molecule has 4 atom stereocenters. The van der Waals surface area contributed by atoms with Crippen LogP contribution in [0.2, 0.25) is 0 Å². The summed E-state index contributed by atoms with van der Waals surface area (Å²) in [5.41, 5.74) is 1.65. The summed E-state index contributed by atoms with van der Waals surface area (Å²) in [6, 6.07) is 14.8. The molecule has 2 aliphatic heterocycles. The molecule has 4 rings (SSSR count). The summed E-state index contributed by atoms with van der Waals surface area (Å²) in [6.07, 6.45) is 2.61. The summed E-state index contributed by atoms with van der Waals surface area (Å²) in [5, 5.41) is 5.08. The van der Waals surface area contributed by atoms with Gasteiger partial charge >= 0.3 is 11.9 Å². The van der Waals surface area contributed by atoms with Gasteiger partial charge in [-0.3, -0.25) is 28.8 Å². The molecule has 0 spiro atoms. The highest BCUT2D eigenvalue weighted by molar-refractivity contribution is 6.39. The van der Waals surface area contributed by atoms with Gasteiger partial charge in [-0.05, 0) is 36.8 Å². The average Bonchev–Trinajstić information content (AvgIpc) is 3.81. The number of nitrogens with one attached hydrogen (secondary N) is 2. The van der Waals surface area contributed by atoms with Crippen LogP contribution in [0.5, 0.6) is 0 Å². The lowest BCUT2D eigenvalue weighted by molar-refractivity contribution is -0.154. The van der Waals surface area contributed by atoms with Crippen molar-refractivity contribution in [1.82, 2.24) is 20.4 Å². The van der Waals surface area contributed by atoms with Crippen LogP contribution >= 0.6 is 0 Å². The predicted molar refractivity (Wildman–Crippen MR) is 179 cm³/mol. The number of esters is 2. The van der Waals surface area contributed by atoms with Crippen molar-refractivity contribution in [2.75, 3.05) is 27.3 Å². The lowest BCUT2D eigenvalue weighted by Crippen LogP contribution is -2.51. The van der Waals surface area contributed by atoms with Gasteiger partial charge in [-0.25, -0.2) is 9.59 Å². The van der Waals surface area contributed by atoms with Crippen molar-refractivity contribution in [2.24, 2.45) is 0 Å². The van der Waals surface area contributed by atoms with Gasteiger partial charge in [0.25, 0.3) is 11.8 Å². The maximum absolute atomic E-state index is 12.7.